The van der Waals surface area contributed by atoms with Crippen molar-refractivity contribution < 1.29 is 19.4 Å². The lowest BCUT2D eigenvalue weighted by molar-refractivity contribution is -0.145. The second kappa shape index (κ2) is 7.52. The maximum Gasteiger partial charge on any atom is 0.322 e. The molecule has 0 saturated heterocycles. The molecule has 25 heavy (non-hydrogen) atoms. The summed E-state index contributed by atoms with van der Waals surface area (Å²) >= 11 is 0. The van der Waals surface area contributed by atoms with Crippen LogP contribution in [-0.4, -0.2) is 56.5 Å². The van der Waals surface area contributed by atoms with Crippen LogP contribution in [-0.2, 0) is 17.9 Å². The van der Waals surface area contributed by atoms with Crippen LogP contribution >= 0.6 is 0 Å². The number of benzene rings is 1. The first-order valence-corrected chi connectivity index (χ1v) is 8.29. The van der Waals surface area contributed by atoms with Gasteiger partial charge in [0.25, 0.3) is 0 Å². The van der Waals surface area contributed by atoms with E-state index in [0.717, 1.165) is 23.1 Å². The fourth-order valence-corrected chi connectivity index (χ4v) is 2.91. The van der Waals surface area contributed by atoms with E-state index in [0.29, 0.717) is 32.8 Å². The Morgan fingerprint density at radius 1 is 1.24 bits per heavy atom. The number of carbonyl (C=O) groups is 1. The Morgan fingerprint density at radius 2 is 1.92 bits per heavy atom. The first-order valence-electron chi connectivity index (χ1n) is 8.29. The molecule has 1 aromatic carbocycles. The minimum Gasteiger partial charge on any atom is -0.494 e. The lowest BCUT2D eigenvalue weighted by Gasteiger charge is -2.33. The summed E-state index contributed by atoms with van der Waals surface area (Å²) in [4.78, 5) is 13.5. The Labute approximate surface area is 146 Å². The Balaban J connectivity index is 1.58. The van der Waals surface area contributed by atoms with Crippen molar-refractivity contribution in [3.05, 3.63) is 35.9 Å². The fraction of sp³-hybridized carbons (Fsp3) is 0.471. The van der Waals surface area contributed by atoms with Crippen LogP contribution in [0.2, 0.25) is 0 Å². The first kappa shape index (κ1) is 17.2. The quantitative estimate of drug-likeness (QED) is 0.809. The maximum absolute atomic E-state index is 11.6. The van der Waals surface area contributed by atoms with Gasteiger partial charge in [-0.3, -0.25) is 9.69 Å². The largest absolute Gasteiger partial charge is 0.494 e. The van der Waals surface area contributed by atoms with Gasteiger partial charge in [-0.05, 0) is 38.1 Å². The molecule has 2 heterocycles. The molecule has 0 spiro atoms. The van der Waals surface area contributed by atoms with Gasteiger partial charge in [-0.15, -0.1) is 10.2 Å². The summed E-state index contributed by atoms with van der Waals surface area (Å²) in [5.74, 6) is 2.21. The lowest BCUT2D eigenvalue weighted by Crippen LogP contribution is -2.49. The number of nitrogens with zero attached hydrogens (tertiary/aromatic N) is 4. The average Bonchev–Trinajstić information content (AvgIpc) is 2.96. The molecular weight excluding hydrogens is 324 g/mol. The molecule has 134 valence electrons. The number of aliphatic carboxylic acids is 1. The maximum atomic E-state index is 11.6. The highest BCUT2D eigenvalue weighted by atomic mass is 16.5. The van der Waals surface area contributed by atoms with E-state index in [1.807, 2.05) is 47.6 Å². The van der Waals surface area contributed by atoms with Gasteiger partial charge in [0.05, 0.1) is 19.7 Å². The molecule has 1 aliphatic rings. The van der Waals surface area contributed by atoms with E-state index in [1.54, 1.807) is 0 Å². The number of hydrogen-bond acceptors (Lipinski definition) is 6. The number of rotatable bonds is 7. The normalized spacial score (nSPS) is 17.1. The minimum absolute atomic E-state index is 0.354. The molecule has 1 aromatic heterocycles. The Morgan fingerprint density at radius 3 is 2.56 bits per heavy atom. The highest BCUT2D eigenvalue weighted by Gasteiger charge is 2.33. The van der Waals surface area contributed by atoms with Crippen LogP contribution in [0, 0.1) is 6.92 Å². The molecule has 0 aliphatic carbocycles. The zero-order valence-corrected chi connectivity index (χ0v) is 14.4. The van der Waals surface area contributed by atoms with E-state index in [4.69, 9.17) is 9.47 Å². The smallest absolute Gasteiger partial charge is 0.322 e. The molecule has 1 unspecified atom stereocenters. The van der Waals surface area contributed by atoms with E-state index in [1.165, 1.54) is 0 Å². The summed E-state index contributed by atoms with van der Waals surface area (Å²) in [6, 6.07) is 6.79. The van der Waals surface area contributed by atoms with Gasteiger partial charge in [-0.25, -0.2) is 0 Å². The van der Waals surface area contributed by atoms with Crippen molar-refractivity contribution >= 4 is 5.97 Å². The third kappa shape index (κ3) is 3.90. The Kier molecular flexibility index (Phi) is 5.18. The number of aryl methyl sites for hydroxylation is 1. The van der Waals surface area contributed by atoms with Gasteiger partial charge < -0.3 is 19.1 Å². The van der Waals surface area contributed by atoms with Crippen LogP contribution in [0.5, 0.6) is 11.5 Å². The van der Waals surface area contributed by atoms with Crippen molar-refractivity contribution in [2.75, 3.05) is 19.8 Å². The number of carboxylic acid groups (broad SMARTS) is 1. The fourth-order valence-electron chi connectivity index (χ4n) is 2.91. The molecule has 0 bridgehead atoms. The molecule has 0 saturated carbocycles. The number of carboxylic acids is 1. The van der Waals surface area contributed by atoms with Crippen molar-refractivity contribution in [3.63, 3.8) is 0 Å². The summed E-state index contributed by atoms with van der Waals surface area (Å²) in [7, 11) is 0. The summed E-state index contributed by atoms with van der Waals surface area (Å²) in [6.45, 7) is 6.08. The number of ether oxygens (including phenoxy) is 2. The monoisotopic (exact) mass is 346 g/mol. The molecular formula is C17H22N4O4. The molecule has 3 rings (SSSR count). The zero-order valence-electron chi connectivity index (χ0n) is 14.4. The number of fused-ring (bicyclic) bond motifs is 1. The Hall–Kier alpha value is -2.61. The topological polar surface area (TPSA) is 89.7 Å². The van der Waals surface area contributed by atoms with Gasteiger partial charge >= 0.3 is 5.97 Å². The molecule has 8 heteroatoms. The predicted molar refractivity (Wildman–Crippen MR) is 89.7 cm³/mol. The number of hydrogen-bond donors (Lipinski definition) is 1. The second-order valence-electron chi connectivity index (χ2n) is 5.85. The number of aromatic nitrogens is 3. The van der Waals surface area contributed by atoms with E-state index < -0.39 is 12.0 Å². The predicted octanol–water partition coefficient (Wildman–Crippen LogP) is 1.33. The van der Waals surface area contributed by atoms with E-state index in [2.05, 4.69) is 10.2 Å². The van der Waals surface area contributed by atoms with Crippen molar-refractivity contribution in [3.8, 4) is 11.5 Å². The van der Waals surface area contributed by atoms with Crippen LogP contribution < -0.4 is 9.47 Å². The Bertz CT molecular complexity index is 729. The second-order valence-corrected chi connectivity index (χ2v) is 5.85. The minimum atomic E-state index is -0.847. The van der Waals surface area contributed by atoms with Crippen LogP contribution in [0.3, 0.4) is 0 Å². The van der Waals surface area contributed by atoms with E-state index in [-0.39, 0.29) is 0 Å². The molecule has 0 amide bonds. The molecule has 1 N–H and O–H groups in total. The van der Waals surface area contributed by atoms with Crippen LogP contribution in [0.25, 0.3) is 0 Å². The van der Waals surface area contributed by atoms with Crippen LogP contribution in [0.4, 0.5) is 0 Å². The average molecular weight is 346 g/mol. The van der Waals surface area contributed by atoms with Crippen molar-refractivity contribution in [1.29, 1.82) is 0 Å². The zero-order chi connectivity index (χ0) is 17.8. The van der Waals surface area contributed by atoms with Gasteiger partial charge in [0, 0.05) is 6.54 Å². The molecule has 0 radical (unpaired) electrons. The molecule has 1 atom stereocenters. The molecule has 2 aromatic rings. The third-order valence-corrected chi connectivity index (χ3v) is 4.22. The van der Waals surface area contributed by atoms with Crippen molar-refractivity contribution in [1.82, 2.24) is 19.7 Å². The molecule has 8 nitrogen and oxygen atoms in total. The SMILES string of the molecule is CCOc1ccc(OCCN2Cc3nnc(C)n3CC2C(=O)O)cc1. The molecule has 0 fully saturated rings. The standard InChI is InChI=1S/C17H22N4O4/c1-3-24-13-4-6-14(7-5-13)25-9-8-20-11-16-19-18-12(2)21(16)10-15(20)17(22)23/h4-7,15H,3,8-11H2,1-2H3,(H,22,23). The summed E-state index contributed by atoms with van der Waals surface area (Å²) in [6.07, 6.45) is 0. The van der Waals surface area contributed by atoms with E-state index >= 15 is 0 Å². The highest BCUT2D eigenvalue weighted by molar-refractivity contribution is 5.73. The first-order chi connectivity index (χ1) is 12.1. The van der Waals surface area contributed by atoms with Crippen molar-refractivity contribution in [2.45, 2.75) is 33.0 Å². The summed E-state index contributed by atoms with van der Waals surface area (Å²) in [5, 5.41) is 17.7. The summed E-state index contributed by atoms with van der Waals surface area (Å²) in [5.41, 5.74) is 0. The van der Waals surface area contributed by atoms with Crippen LogP contribution in [0.15, 0.2) is 24.3 Å². The third-order valence-electron chi connectivity index (χ3n) is 4.22. The molecule has 1 aliphatic heterocycles. The van der Waals surface area contributed by atoms with Gasteiger partial charge in [0.15, 0.2) is 0 Å². The van der Waals surface area contributed by atoms with E-state index in [9.17, 15) is 9.90 Å². The summed E-state index contributed by atoms with van der Waals surface area (Å²) < 4.78 is 13.0. The van der Waals surface area contributed by atoms with Gasteiger partial charge in [0.2, 0.25) is 0 Å². The lowest BCUT2D eigenvalue weighted by atomic mass is 10.2. The highest BCUT2D eigenvalue weighted by Crippen LogP contribution is 2.19. The van der Waals surface area contributed by atoms with Crippen molar-refractivity contribution in [2.24, 2.45) is 0 Å². The van der Waals surface area contributed by atoms with Gasteiger partial charge in [0.1, 0.15) is 35.8 Å². The van der Waals surface area contributed by atoms with Gasteiger partial charge in [-0.2, -0.15) is 0 Å². The van der Waals surface area contributed by atoms with Gasteiger partial charge in [-0.1, -0.05) is 0 Å². The van der Waals surface area contributed by atoms with Crippen LogP contribution in [0.1, 0.15) is 18.6 Å².